The lowest BCUT2D eigenvalue weighted by Crippen LogP contribution is -2.63. The molecule has 1 aliphatic rings. The Bertz CT molecular complexity index is 1570. The average Bonchev–Trinajstić information content (AvgIpc) is 3.24. The largest absolute Gasteiger partial charge is 0.345 e. The molecule has 1 fully saturated rings. The highest BCUT2D eigenvalue weighted by atomic mass is 35.5. The molecular formula is C23H19ClF2N6O4S. The molecule has 0 bridgehead atoms. The molecule has 0 atom stereocenters. The van der Waals surface area contributed by atoms with E-state index >= 15 is 0 Å². The molecule has 2 amide bonds. The van der Waals surface area contributed by atoms with Crippen molar-refractivity contribution in [1.29, 1.82) is 5.26 Å². The Kier molecular flexibility index (Phi) is 6.74. The second-order valence-corrected chi connectivity index (χ2v) is 11.3. The van der Waals surface area contributed by atoms with Gasteiger partial charge < -0.3 is 10.6 Å². The smallest absolute Gasteiger partial charge is 0.282 e. The van der Waals surface area contributed by atoms with Crippen LogP contribution in [-0.4, -0.2) is 52.0 Å². The van der Waals surface area contributed by atoms with Gasteiger partial charge in [0.25, 0.3) is 18.2 Å². The third-order valence-corrected chi connectivity index (χ3v) is 8.01. The summed E-state index contributed by atoms with van der Waals surface area (Å²) >= 11 is 6.14. The molecule has 192 valence electrons. The second kappa shape index (κ2) is 9.53. The first-order valence-electron chi connectivity index (χ1n) is 10.7. The van der Waals surface area contributed by atoms with Gasteiger partial charge in [0.1, 0.15) is 11.4 Å². The van der Waals surface area contributed by atoms with Gasteiger partial charge >= 0.3 is 0 Å². The Morgan fingerprint density at radius 1 is 1.24 bits per heavy atom. The van der Waals surface area contributed by atoms with Crippen molar-refractivity contribution in [1.82, 2.24) is 20.1 Å². The molecule has 0 radical (unpaired) electrons. The molecule has 0 saturated carbocycles. The van der Waals surface area contributed by atoms with E-state index in [2.05, 4.69) is 20.7 Å². The molecule has 1 aromatic carbocycles. The molecular weight excluding hydrogens is 530 g/mol. The van der Waals surface area contributed by atoms with E-state index in [1.165, 1.54) is 30.5 Å². The van der Waals surface area contributed by atoms with Gasteiger partial charge in [-0.1, -0.05) is 11.6 Å². The van der Waals surface area contributed by atoms with Crippen molar-refractivity contribution in [2.45, 2.75) is 25.8 Å². The van der Waals surface area contributed by atoms with E-state index in [0.717, 1.165) is 10.7 Å². The maximum absolute atomic E-state index is 13.4. The zero-order valence-electron chi connectivity index (χ0n) is 19.4. The van der Waals surface area contributed by atoms with Gasteiger partial charge in [-0.25, -0.2) is 26.9 Å². The molecule has 0 aliphatic carbocycles. The van der Waals surface area contributed by atoms with E-state index in [4.69, 9.17) is 11.6 Å². The fourth-order valence-corrected chi connectivity index (χ4v) is 6.28. The lowest BCUT2D eigenvalue weighted by atomic mass is 10.0. The van der Waals surface area contributed by atoms with E-state index in [1.54, 1.807) is 13.8 Å². The maximum Gasteiger partial charge on any atom is 0.282 e. The second-order valence-electron chi connectivity index (χ2n) is 8.80. The fourth-order valence-electron chi connectivity index (χ4n) is 4.08. The lowest BCUT2D eigenvalue weighted by molar-refractivity contribution is 0.0917. The van der Waals surface area contributed by atoms with Crippen molar-refractivity contribution in [2.24, 2.45) is 0 Å². The molecule has 0 unspecified atom stereocenters. The van der Waals surface area contributed by atoms with Gasteiger partial charge in [-0.15, -0.1) is 0 Å². The van der Waals surface area contributed by atoms with Crippen LogP contribution in [0.5, 0.6) is 0 Å². The van der Waals surface area contributed by atoms with Crippen molar-refractivity contribution in [3.05, 3.63) is 69.6 Å². The maximum atomic E-state index is 13.4. The predicted octanol–water partition coefficient (Wildman–Crippen LogP) is 3.21. The number of hydrogen-bond donors (Lipinski definition) is 2. The van der Waals surface area contributed by atoms with Gasteiger partial charge in [0.15, 0.2) is 15.7 Å². The molecule has 1 saturated heterocycles. The summed E-state index contributed by atoms with van der Waals surface area (Å²) in [6, 6.07) is 8.44. The number of halogens is 3. The average molecular weight is 549 g/mol. The van der Waals surface area contributed by atoms with Gasteiger partial charge in [0, 0.05) is 6.20 Å². The number of nitriles is 1. The summed E-state index contributed by atoms with van der Waals surface area (Å²) in [4.78, 5) is 30.5. The number of pyridine rings is 1. The molecule has 2 aromatic heterocycles. The van der Waals surface area contributed by atoms with Crippen LogP contribution in [0.3, 0.4) is 0 Å². The molecule has 4 rings (SSSR count). The number of carbonyl (C=O) groups is 2. The first-order chi connectivity index (χ1) is 17.3. The number of anilines is 1. The number of hydrogen-bond acceptors (Lipinski definition) is 7. The minimum atomic E-state index is -3.27. The summed E-state index contributed by atoms with van der Waals surface area (Å²) in [5.41, 5.74) is -1.69. The zero-order valence-corrected chi connectivity index (χ0v) is 21.0. The molecule has 3 aromatic rings. The Labute approximate surface area is 215 Å². The number of aryl methyl sites for hydroxylation is 1. The molecule has 1 aliphatic heterocycles. The third-order valence-electron chi connectivity index (χ3n) is 5.56. The summed E-state index contributed by atoms with van der Waals surface area (Å²) in [5.74, 6) is -2.20. The highest BCUT2D eigenvalue weighted by Crippen LogP contribution is 2.29. The van der Waals surface area contributed by atoms with E-state index in [-0.39, 0.29) is 44.9 Å². The van der Waals surface area contributed by atoms with Crippen LogP contribution in [-0.2, 0) is 9.84 Å². The normalized spacial score (nSPS) is 15.5. The van der Waals surface area contributed by atoms with Crippen LogP contribution in [0.4, 0.5) is 14.5 Å². The van der Waals surface area contributed by atoms with Crippen molar-refractivity contribution < 1.29 is 26.8 Å². The van der Waals surface area contributed by atoms with Crippen LogP contribution in [0.25, 0.3) is 5.82 Å². The van der Waals surface area contributed by atoms with Gasteiger partial charge in [-0.05, 0) is 49.7 Å². The van der Waals surface area contributed by atoms with Gasteiger partial charge in [-0.3, -0.25) is 9.59 Å². The van der Waals surface area contributed by atoms with Crippen LogP contribution in [0.1, 0.15) is 51.0 Å². The molecule has 37 heavy (non-hydrogen) atoms. The van der Waals surface area contributed by atoms with Crippen LogP contribution in [0, 0.1) is 18.3 Å². The summed E-state index contributed by atoms with van der Waals surface area (Å²) in [5, 5.41) is 18.4. The van der Waals surface area contributed by atoms with E-state index < -0.39 is 39.3 Å². The monoisotopic (exact) mass is 548 g/mol. The van der Waals surface area contributed by atoms with Crippen molar-refractivity contribution in [3.63, 3.8) is 0 Å². The molecule has 10 nitrogen and oxygen atoms in total. The van der Waals surface area contributed by atoms with Crippen LogP contribution in [0.2, 0.25) is 5.02 Å². The van der Waals surface area contributed by atoms with Gasteiger partial charge in [-0.2, -0.15) is 10.4 Å². The minimum Gasteiger partial charge on any atom is -0.345 e. The Balaban J connectivity index is 1.73. The number of amides is 2. The van der Waals surface area contributed by atoms with E-state index in [0.29, 0.717) is 5.56 Å². The van der Waals surface area contributed by atoms with Crippen LogP contribution < -0.4 is 10.6 Å². The number of rotatable bonds is 6. The highest BCUT2D eigenvalue weighted by molar-refractivity contribution is 7.93. The molecule has 14 heteroatoms. The number of nitrogens with zero attached hydrogens (tertiary/aromatic N) is 4. The molecule has 2 N–H and O–H groups in total. The van der Waals surface area contributed by atoms with Crippen molar-refractivity contribution in [3.8, 4) is 11.9 Å². The van der Waals surface area contributed by atoms with E-state index in [9.17, 15) is 32.0 Å². The third kappa shape index (κ3) is 5.30. The zero-order chi connectivity index (χ0) is 27.1. The molecule has 3 heterocycles. The Morgan fingerprint density at radius 3 is 2.54 bits per heavy atom. The Hall–Kier alpha value is -3.89. The van der Waals surface area contributed by atoms with Gasteiger partial charge in [0.05, 0.1) is 45.0 Å². The first-order valence-corrected chi connectivity index (χ1v) is 12.9. The molecule has 0 spiro atoms. The summed E-state index contributed by atoms with van der Waals surface area (Å²) in [6.07, 6.45) is -1.64. The van der Waals surface area contributed by atoms with E-state index in [1.807, 2.05) is 6.07 Å². The predicted molar refractivity (Wildman–Crippen MR) is 130 cm³/mol. The fraction of sp³-hybridized carbons (Fsp3) is 0.261. The SMILES string of the molecule is Cc1cc(C#N)cc(C(=O)NC2(C)CS(=O)(=O)C2)c1NC(=O)c1cc(C(F)F)nn1-c1ncccc1Cl. The number of alkyl halides is 2. The number of benzene rings is 1. The number of carbonyl (C=O) groups excluding carboxylic acids is 2. The summed E-state index contributed by atoms with van der Waals surface area (Å²) in [7, 11) is -3.27. The van der Waals surface area contributed by atoms with Crippen LogP contribution in [0.15, 0.2) is 36.5 Å². The number of sulfone groups is 1. The summed E-state index contributed by atoms with van der Waals surface area (Å²) in [6.45, 7) is 3.10. The Morgan fingerprint density at radius 2 is 1.95 bits per heavy atom. The van der Waals surface area contributed by atoms with Crippen molar-refractivity contribution >= 4 is 38.9 Å². The number of aromatic nitrogens is 3. The topological polar surface area (TPSA) is 147 Å². The van der Waals surface area contributed by atoms with Gasteiger partial charge in [0.2, 0.25) is 0 Å². The summed E-state index contributed by atoms with van der Waals surface area (Å²) < 4.78 is 51.0. The standard InChI is InChI=1S/C23H19ClF2N6O4S/c1-12-6-13(9-27)7-14(21(33)30-23(2)10-37(35,36)11-23)18(12)29-22(34)17-8-16(19(25)26)31-32(17)20-15(24)4-3-5-28-20/h3-8,19H,10-11H2,1-2H3,(H,29,34)(H,30,33). The van der Waals surface area contributed by atoms with Crippen molar-refractivity contribution in [2.75, 3.05) is 16.8 Å². The number of nitrogens with one attached hydrogen (secondary N) is 2. The quantitative estimate of drug-likeness (QED) is 0.480. The lowest BCUT2D eigenvalue weighted by Gasteiger charge is -2.38. The first kappa shape index (κ1) is 26.2. The highest BCUT2D eigenvalue weighted by Gasteiger charge is 2.46. The van der Waals surface area contributed by atoms with Crippen LogP contribution >= 0.6 is 11.6 Å². The minimum absolute atomic E-state index is 0.00532.